The first-order valence-corrected chi connectivity index (χ1v) is 43.7. The van der Waals surface area contributed by atoms with Crippen LogP contribution in [0.3, 0.4) is 0 Å². The van der Waals surface area contributed by atoms with Crippen molar-refractivity contribution in [3.05, 3.63) is 470 Å². The minimum atomic E-state index is -0.635. The Morgan fingerprint density at radius 1 is 0.172 bits per heavy atom. The molecule has 10 nitrogen and oxygen atoms in total. The van der Waals surface area contributed by atoms with E-state index in [0.29, 0.717) is 34.9 Å². The van der Waals surface area contributed by atoms with Crippen LogP contribution in [-0.2, 0) is 10.8 Å². The van der Waals surface area contributed by atoms with Gasteiger partial charge in [-0.3, -0.25) is 0 Å². The van der Waals surface area contributed by atoms with Crippen molar-refractivity contribution in [2.75, 3.05) is 0 Å². The van der Waals surface area contributed by atoms with Gasteiger partial charge in [0.2, 0.25) is 0 Å². The summed E-state index contributed by atoms with van der Waals surface area (Å²) in [7, 11) is 0. The molecule has 600 valence electrons. The normalized spacial score (nSPS) is 12.9. The molecule has 2 aliphatic carbocycles. The fourth-order valence-electron chi connectivity index (χ4n) is 20.7. The standard InChI is InChI=1S/C64H41N5.C54H37N5/c1-6-20-42(21-7-1)61-65-62(43-22-8-2-9-23-43)67-63(66-61)44-34-36-48(37-35-44)69-58-33-19-17-31-50(58)54-39-52-51-38-53-49-30-16-18-32-57(49)68(47-28-14-5-15-29-47)59(53)40-55(51)64(56(52)41-60(54)69,45-24-10-3-11-25-45)46-26-12-4-13-27-46;1-54(2)45-32-49-43(39-22-12-14-24-47(39)58(49)37-20-10-5-11-21-37)30-41(45)42-31-44-40-23-13-15-25-48(40)59(50(44)33-46(42)54)38-28-26-36(27-29-38)53-56-51(34-16-6-3-7-17-34)55-52(57-53)35-18-8-4-9-19-35/h1-41H;3-33H,1-2H3. The molecule has 18 aromatic carbocycles. The molecule has 0 aliphatic heterocycles. The molecule has 26 rings (SSSR count). The zero-order valence-corrected chi connectivity index (χ0v) is 70.0. The quantitative estimate of drug-likeness (QED) is 0.121. The Hall–Kier alpha value is -16.8. The van der Waals surface area contributed by atoms with Crippen molar-refractivity contribution >= 4 is 87.2 Å². The van der Waals surface area contributed by atoms with Crippen molar-refractivity contribution in [3.63, 3.8) is 0 Å². The maximum atomic E-state index is 5.05. The first-order valence-electron chi connectivity index (χ1n) is 43.7. The minimum absolute atomic E-state index is 0.220. The molecule has 0 saturated heterocycles. The third-order valence-electron chi connectivity index (χ3n) is 26.6. The molecule has 0 radical (unpaired) electrons. The molecule has 0 saturated carbocycles. The molecule has 6 aromatic heterocycles. The van der Waals surface area contributed by atoms with E-state index in [4.69, 9.17) is 29.9 Å². The maximum absolute atomic E-state index is 5.05. The highest BCUT2D eigenvalue weighted by Gasteiger charge is 2.48. The lowest BCUT2D eigenvalue weighted by Crippen LogP contribution is -2.28. The van der Waals surface area contributed by atoms with Gasteiger partial charge in [0.05, 0.1) is 49.5 Å². The molecule has 24 aromatic rings. The van der Waals surface area contributed by atoms with Crippen LogP contribution in [0.1, 0.15) is 47.2 Å². The Balaban J connectivity index is 0.000000141. The van der Waals surface area contributed by atoms with E-state index in [0.717, 1.165) is 61.5 Å². The summed E-state index contributed by atoms with van der Waals surface area (Å²) in [6.07, 6.45) is 0. The van der Waals surface area contributed by atoms with Gasteiger partial charge < -0.3 is 18.3 Å². The summed E-state index contributed by atoms with van der Waals surface area (Å²) in [5.41, 5.74) is 31.6. The molecule has 128 heavy (non-hydrogen) atoms. The van der Waals surface area contributed by atoms with Gasteiger partial charge in [-0.25, -0.2) is 29.9 Å². The molecule has 0 amide bonds. The van der Waals surface area contributed by atoms with Crippen LogP contribution in [0.25, 0.3) is 201 Å². The first kappa shape index (κ1) is 73.9. The van der Waals surface area contributed by atoms with Crippen molar-refractivity contribution in [1.29, 1.82) is 0 Å². The number of hydrogen-bond donors (Lipinski definition) is 0. The van der Waals surface area contributed by atoms with Crippen LogP contribution in [0.2, 0.25) is 0 Å². The average molecular weight is 1640 g/mol. The summed E-state index contributed by atoms with van der Waals surface area (Å²) >= 11 is 0. The number of benzene rings is 18. The van der Waals surface area contributed by atoms with Crippen LogP contribution in [-0.4, -0.2) is 48.2 Å². The molecule has 6 heterocycles. The molecule has 0 unspecified atom stereocenters. The van der Waals surface area contributed by atoms with E-state index in [9.17, 15) is 0 Å². The smallest absolute Gasteiger partial charge is 0.164 e. The zero-order chi connectivity index (χ0) is 84.7. The third kappa shape index (κ3) is 11.6. The summed E-state index contributed by atoms with van der Waals surface area (Å²) in [5.74, 6) is 3.86. The van der Waals surface area contributed by atoms with Gasteiger partial charge in [0.25, 0.3) is 0 Å². The van der Waals surface area contributed by atoms with Crippen LogP contribution in [0, 0.1) is 0 Å². The number of nitrogens with zero attached hydrogens (tertiary/aromatic N) is 10. The van der Waals surface area contributed by atoms with E-state index in [2.05, 4.69) is 348 Å². The molecular weight excluding hydrogens is 1560 g/mol. The van der Waals surface area contributed by atoms with Gasteiger partial charge in [-0.05, 0) is 201 Å². The highest BCUT2D eigenvalue weighted by molar-refractivity contribution is 6.17. The Labute approximate surface area is 738 Å². The Morgan fingerprint density at radius 2 is 0.375 bits per heavy atom. The zero-order valence-electron chi connectivity index (χ0n) is 70.0. The lowest BCUT2D eigenvalue weighted by atomic mass is 9.67. The van der Waals surface area contributed by atoms with Gasteiger partial charge in [0.1, 0.15) is 0 Å². The lowest BCUT2D eigenvalue weighted by Gasteiger charge is -2.34. The van der Waals surface area contributed by atoms with Crippen LogP contribution < -0.4 is 0 Å². The second kappa shape index (κ2) is 29.4. The summed E-state index contributed by atoms with van der Waals surface area (Å²) in [6, 6.07) is 157. The van der Waals surface area contributed by atoms with Gasteiger partial charge in [-0.15, -0.1) is 0 Å². The lowest BCUT2D eigenvalue weighted by molar-refractivity contribution is 0.661. The highest BCUT2D eigenvalue weighted by Crippen LogP contribution is 2.60. The van der Waals surface area contributed by atoms with Gasteiger partial charge in [-0.1, -0.05) is 305 Å². The topological polar surface area (TPSA) is 97.1 Å². The van der Waals surface area contributed by atoms with Crippen molar-refractivity contribution in [3.8, 4) is 113 Å². The predicted molar refractivity (Wildman–Crippen MR) is 524 cm³/mol. The van der Waals surface area contributed by atoms with E-state index in [-0.39, 0.29) is 5.41 Å². The van der Waals surface area contributed by atoms with E-state index >= 15 is 0 Å². The number of hydrogen-bond acceptors (Lipinski definition) is 6. The molecule has 0 atom stereocenters. The van der Waals surface area contributed by atoms with Crippen molar-refractivity contribution in [1.82, 2.24) is 48.2 Å². The number of fused-ring (bicyclic) bond motifs is 18. The maximum Gasteiger partial charge on any atom is 0.164 e. The molecule has 0 N–H and O–H groups in total. The van der Waals surface area contributed by atoms with E-state index in [1.54, 1.807) is 0 Å². The van der Waals surface area contributed by atoms with Crippen molar-refractivity contribution in [2.24, 2.45) is 0 Å². The van der Waals surface area contributed by atoms with Gasteiger partial charge >= 0.3 is 0 Å². The first-order chi connectivity index (χ1) is 63.2. The highest BCUT2D eigenvalue weighted by atomic mass is 15.1. The molecular formula is C118H78N10. The number of rotatable bonds is 12. The average Bonchev–Trinajstić information content (AvgIpc) is 1.56. The fourth-order valence-corrected chi connectivity index (χ4v) is 20.7. The molecule has 0 bridgehead atoms. The Bertz CT molecular complexity index is 8370. The number of para-hydroxylation sites is 6. The SMILES string of the molecule is CC1(C)c2cc3c(cc2-c2cc4c5ccccc5n(-c5ccc(-c6nc(-c7ccccc7)nc(-c7ccccc7)n6)cc5)c4cc21)c1ccccc1n3-c1ccccc1.c1ccc(-c2nc(-c3ccccc3)nc(-c3ccc(-n4c5ccccc5c5cc6c(cc54)C(c4ccccc4)(c4ccccc4)c4cc5c(cc4-6)c4ccccc4n5-c4ccccc4)cc3)n2)cc1. The van der Waals surface area contributed by atoms with Crippen molar-refractivity contribution in [2.45, 2.75) is 24.7 Å². The van der Waals surface area contributed by atoms with E-state index in [1.165, 1.54) is 138 Å². The third-order valence-corrected chi connectivity index (χ3v) is 26.6. The Kier molecular flexibility index (Phi) is 17.0. The van der Waals surface area contributed by atoms with Crippen LogP contribution >= 0.6 is 0 Å². The molecule has 2 aliphatic rings. The summed E-state index contributed by atoms with van der Waals surface area (Å²) in [4.78, 5) is 29.9. The summed E-state index contributed by atoms with van der Waals surface area (Å²) in [5, 5.41) is 9.92. The molecule has 0 fully saturated rings. The largest absolute Gasteiger partial charge is 0.309 e. The van der Waals surface area contributed by atoms with E-state index in [1.807, 2.05) is 121 Å². The van der Waals surface area contributed by atoms with Gasteiger partial charge in [0.15, 0.2) is 34.9 Å². The summed E-state index contributed by atoms with van der Waals surface area (Å²) < 4.78 is 9.72. The molecule has 10 heteroatoms. The fraction of sp³-hybridized carbons (Fsp3) is 0.0339. The van der Waals surface area contributed by atoms with Crippen molar-refractivity contribution < 1.29 is 0 Å². The minimum Gasteiger partial charge on any atom is -0.309 e. The monoisotopic (exact) mass is 1630 g/mol. The van der Waals surface area contributed by atoms with E-state index < -0.39 is 5.41 Å². The molecule has 0 spiro atoms. The van der Waals surface area contributed by atoms with Crippen LogP contribution in [0.4, 0.5) is 0 Å². The van der Waals surface area contributed by atoms with Crippen LogP contribution in [0.15, 0.2) is 437 Å². The van der Waals surface area contributed by atoms with Gasteiger partial charge in [-0.2, -0.15) is 0 Å². The number of aromatic nitrogens is 10. The Morgan fingerprint density at radius 3 is 0.641 bits per heavy atom. The second-order valence-corrected chi connectivity index (χ2v) is 34.0. The van der Waals surface area contributed by atoms with Gasteiger partial charge in [0, 0.05) is 105 Å². The second-order valence-electron chi connectivity index (χ2n) is 34.0. The predicted octanol–water partition coefficient (Wildman–Crippen LogP) is 28.8. The summed E-state index contributed by atoms with van der Waals surface area (Å²) in [6.45, 7) is 4.77. The van der Waals surface area contributed by atoms with Crippen LogP contribution in [0.5, 0.6) is 0 Å².